The van der Waals surface area contributed by atoms with Crippen molar-refractivity contribution >= 4 is 17.7 Å². The summed E-state index contributed by atoms with van der Waals surface area (Å²) in [6.07, 6.45) is 5.54. The zero-order valence-electron chi connectivity index (χ0n) is 11.7. The van der Waals surface area contributed by atoms with E-state index in [2.05, 4.69) is 15.4 Å². The molecule has 0 bridgehead atoms. The number of carbonyl (C=O) groups excluding carboxylic acids is 1. The molecule has 2 rings (SSSR count). The van der Waals surface area contributed by atoms with Gasteiger partial charge in [0, 0.05) is 24.6 Å². The molecule has 0 aliphatic carbocycles. The van der Waals surface area contributed by atoms with Gasteiger partial charge in [0.1, 0.15) is 5.69 Å². The fourth-order valence-electron chi connectivity index (χ4n) is 1.81. The van der Waals surface area contributed by atoms with Gasteiger partial charge in [0.25, 0.3) is 0 Å². The van der Waals surface area contributed by atoms with Crippen molar-refractivity contribution in [3.05, 3.63) is 18.1 Å². The molecule has 2 aromatic heterocycles. The van der Waals surface area contributed by atoms with Crippen LogP contribution in [0.1, 0.15) is 17.4 Å². The van der Waals surface area contributed by atoms with Crippen molar-refractivity contribution in [3.63, 3.8) is 0 Å². The van der Waals surface area contributed by atoms with Gasteiger partial charge in [0.15, 0.2) is 5.69 Å². The minimum Gasteiger partial charge on any atom is -0.461 e. The molecule has 0 unspecified atom stereocenters. The average molecular weight is 295 g/mol. The fourth-order valence-corrected chi connectivity index (χ4v) is 2.17. The van der Waals surface area contributed by atoms with Crippen LogP contribution in [-0.2, 0) is 18.3 Å². The number of thioether (sulfide) groups is 1. The second kappa shape index (κ2) is 6.56. The maximum Gasteiger partial charge on any atom is 0.361 e. The van der Waals surface area contributed by atoms with Gasteiger partial charge in [-0.25, -0.2) is 9.48 Å². The third-order valence-corrected chi connectivity index (χ3v) is 3.28. The maximum atomic E-state index is 12.0. The molecule has 7 nitrogen and oxygen atoms in total. The van der Waals surface area contributed by atoms with Crippen molar-refractivity contribution in [2.45, 2.75) is 13.5 Å². The van der Waals surface area contributed by atoms with Crippen LogP contribution in [-0.4, -0.2) is 49.4 Å². The molecule has 0 aromatic carbocycles. The normalized spacial score (nSPS) is 10.8. The van der Waals surface area contributed by atoms with Crippen molar-refractivity contribution in [1.29, 1.82) is 0 Å². The van der Waals surface area contributed by atoms with E-state index in [0.717, 1.165) is 11.3 Å². The molecule has 0 spiro atoms. The Kier molecular flexibility index (Phi) is 4.78. The van der Waals surface area contributed by atoms with Gasteiger partial charge < -0.3 is 4.74 Å². The fraction of sp³-hybridized carbons (Fsp3) is 0.500. The first-order valence-electron chi connectivity index (χ1n) is 6.26. The predicted octanol–water partition coefficient (Wildman–Crippen LogP) is 1.22. The largest absolute Gasteiger partial charge is 0.461 e. The highest BCUT2D eigenvalue weighted by molar-refractivity contribution is 7.98. The Balaban J connectivity index is 2.42. The minimum absolute atomic E-state index is 0.237. The molecule has 108 valence electrons. The topological polar surface area (TPSA) is 74.8 Å². The highest BCUT2D eigenvalue weighted by Crippen LogP contribution is 2.22. The zero-order chi connectivity index (χ0) is 14.5. The highest BCUT2D eigenvalue weighted by atomic mass is 32.2. The highest BCUT2D eigenvalue weighted by Gasteiger charge is 2.22. The summed E-state index contributed by atoms with van der Waals surface area (Å²) in [5.41, 5.74) is 1.70. The number of aryl methyl sites for hydroxylation is 2. The second-order valence-electron chi connectivity index (χ2n) is 4.13. The van der Waals surface area contributed by atoms with Gasteiger partial charge in [-0.05, 0) is 13.2 Å². The first-order valence-corrected chi connectivity index (χ1v) is 7.65. The lowest BCUT2D eigenvalue weighted by Crippen LogP contribution is -2.09. The summed E-state index contributed by atoms with van der Waals surface area (Å²) in [6.45, 7) is 2.75. The summed E-state index contributed by atoms with van der Waals surface area (Å²) < 4.78 is 8.43. The van der Waals surface area contributed by atoms with E-state index < -0.39 is 5.97 Å². The summed E-state index contributed by atoms with van der Waals surface area (Å²) in [4.78, 5) is 12.0. The van der Waals surface area contributed by atoms with Crippen LogP contribution >= 0.6 is 11.8 Å². The molecule has 2 aromatic rings. The van der Waals surface area contributed by atoms with Crippen LogP contribution < -0.4 is 0 Å². The molecule has 20 heavy (non-hydrogen) atoms. The number of carbonyl (C=O) groups is 1. The van der Waals surface area contributed by atoms with E-state index in [4.69, 9.17) is 4.74 Å². The number of esters is 1. The standard InChI is InChI=1S/C12H17N5O2S/c1-4-19-12(18)10-11(9-7-13-16(2)8-9)17(15-14-10)5-6-20-3/h7-8H,4-6H2,1-3H3. The third kappa shape index (κ3) is 3.01. The molecular formula is C12H17N5O2S. The first kappa shape index (κ1) is 14.6. The monoisotopic (exact) mass is 295 g/mol. The van der Waals surface area contributed by atoms with Crippen LogP contribution in [0, 0.1) is 0 Å². The summed E-state index contributed by atoms with van der Waals surface area (Å²) in [7, 11) is 1.82. The predicted molar refractivity (Wildman–Crippen MR) is 76.6 cm³/mol. The Labute approximate surface area is 121 Å². The Bertz CT molecular complexity index is 592. The van der Waals surface area contributed by atoms with Crippen molar-refractivity contribution in [1.82, 2.24) is 24.8 Å². The van der Waals surface area contributed by atoms with Crippen LogP contribution in [0.5, 0.6) is 0 Å². The number of nitrogens with zero attached hydrogens (tertiary/aromatic N) is 5. The third-order valence-electron chi connectivity index (χ3n) is 2.69. The SMILES string of the molecule is CCOC(=O)c1nnn(CCSC)c1-c1cnn(C)c1. The van der Waals surface area contributed by atoms with Gasteiger partial charge in [0.2, 0.25) is 0 Å². The van der Waals surface area contributed by atoms with Gasteiger partial charge in [-0.3, -0.25) is 4.68 Å². The lowest BCUT2D eigenvalue weighted by atomic mass is 10.2. The summed E-state index contributed by atoms with van der Waals surface area (Å²) in [5.74, 6) is 0.431. The second-order valence-corrected chi connectivity index (χ2v) is 5.11. The molecule has 0 amide bonds. The van der Waals surface area contributed by atoms with E-state index in [1.54, 1.807) is 34.2 Å². The molecule has 8 heteroatoms. The van der Waals surface area contributed by atoms with Gasteiger partial charge >= 0.3 is 5.97 Å². The summed E-state index contributed by atoms with van der Waals surface area (Å²) >= 11 is 1.71. The number of hydrogen-bond acceptors (Lipinski definition) is 6. The lowest BCUT2D eigenvalue weighted by molar-refractivity contribution is 0.0520. The molecule has 0 saturated carbocycles. The van der Waals surface area contributed by atoms with E-state index in [9.17, 15) is 4.79 Å². The van der Waals surface area contributed by atoms with Crippen molar-refractivity contribution < 1.29 is 9.53 Å². The summed E-state index contributed by atoms with van der Waals surface area (Å²) in [5, 5.41) is 12.2. The number of ether oxygens (including phenoxy) is 1. The Morgan fingerprint density at radius 3 is 2.90 bits per heavy atom. The van der Waals surface area contributed by atoms with Gasteiger partial charge in [-0.15, -0.1) is 5.10 Å². The molecule has 0 fully saturated rings. The van der Waals surface area contributed by atoms with Crippen molar-refractivity contribution in [2.24, 2.45) is 7.05 Å². The summed E-state index contributed by atoms with van der Waals surface area (Å²) in [6, 6.07) is 0. The zero-order valence-corrected chi connectivity index (χ0v) is 12.6. The number of hydrogen-bond donors (Lipinski definition) is 0. The molecule has 0 aliphatic rings. The maximum absolute atomic E-state index is 12.0. The average Bonchev–Trinajstić information content (AvgIpc) is 3.02. The smallest absolute Gasteiger partial charge is 0.361 e. The van der Waals surface area contributed by atoms with E-state index in [0.29, 0.717) is 18.8 Å². The van der Waals surface area contributed by atoms with Crippen LogP contribution in [0.4, 0.5) is 0 Å². The van der Waals surface area contributed by atoms with E-state index in [1.807, 2.05) is 19.5 Å². The first-order chi connectivity index (χ1) is 9.67. The van der Waals surface area contributed by atoms with Crippen LogP contribution in [0.25, 0.3) is 11.3 Å². The van der Waals surface area contributed by atoms with Gasteiger partial charge in [0.05, 0.1) is 19.3 Å². The molecule has 0 aliphatic heterocycles. The van der Waals surface area contributed by atoms with E-state index in [-0.39, 0.29) is 5.69 Å². The Hall–Kier alpha value is -1.83. The lowest BCUT2D eigenvalue weighted by Gasteiger charge is -2.05. The molecule has 0 atom stereocenters. The van der Waals surface area contributed by atoms with Crippen molar-refractivity contribution in [3.8, 4) is 11.3 Å². The molecule has 2 heterocycles. The molecule has 0 radical (unpaired) electrons. The van der Waals surface area contributed by atoms with Crippen LogP contribution in [0.3, 0.4) is 0 Å². The van der Waals surface area contributed by atoms with E-state index >= 15 is 0 Å². The Morgan fingerprint density at radius 1 is 1.50 bits per heavy atom. The molecule has 0 N–H and O–H groups in total. The van der Waals surface area contributed by atoms with Crippen LogP contribution in [0.2, 0.25) is 0 Å². The quantitative estimate of drug-likeness (QED) is 0.746. The van der Waals surface area contributed by atoms with Crippen molar-refractivity contribution in [2.75, 3.05) is 18.6 Å². The molecular weight excluding hydrogens is 278 g/mol. The van der Waals surface area contributed by atoms with Gasteiger partial charge in [-0.2, -0.15) is 16.9 Å². The Morgan fingerprint density at radius 2 is 2.30 bits per heavy atom. The number of aromatic nitrogens is 5. The molecule has 0 saturated heterocycles. The number of rotatable bonds is 6. The van der Waals surface area contributed by atoms with Crippen LogP contribution in [0.15, 0.2) is 12.4 Å². The van der Waals surface area contributed by atoms with E-state index in [1.165, 1.54) is 0 Å². The van der Waals surface area contributed by atoms with Gasteiger partial charge in [-0.1, -0.05) is 5.21 Å². The minimum atomic E-state index is -0.457.